The number of hydrogen-bond donors (Lipinski definition) is 1. The Kier molecular flexibility index (Phi) is 8.08. The van der Waals surface area contributed by atoms with Gasteiger partial charge in [-0.2, -0.15) is 13.2 Å². The second-order valence-corrected chi connectivity index (χ2v) is 5.45. The molecule has 0 aliphatic carbocycles. The van der Waals surface area contributed by atoms with Gasteiger partial charge in [0.25, 0.3) is 0 Å². The van der Waals surface area contributed by atoms with E-state index in [9.17, 15) is 13.2 Å². The van der Waals surface area contributed by atoms with Crippen molar-refractivity contribution in [3.8, 4) is 5.75 Å². The Morgan fingerprint density at radius 3 is 2.17 bits per heavy atom. The summed E-state index contributed by atoms with van der Waals surface area (Å²) in [5, 5.41) is 3.12. The molecule has 2 aromatic rings. The van der Waals surface area contributed by atoms with Crippen molar-refractivity contribution in [1.82, 2.24) is 5.32 Å². The van der Waals surface area contributed by atoms with Gasteiger partial charge in [0.15, 0.2) is 0 Å². The lowest BCUT2D eigenvalue weighted by Gasteiger charge is -2.18. The van der Waals surface area contributed by atoms with Crippen LogP contribution in [-0.4, -0.2) is 20.2 Å². The Bertz CT molecular complexity index is 587. The van der Waals surface area contributed by atoms with Crippen molar-refractivity contribution in [2.75, 3.05) is 20.2 Å². The van der Waals surface area contributed by atoms with Crippen LogP contribution in [0.4, 0.5) is 13.2 Å². The Labute approximate surface area is 146 Å². The van der Waals surface area contributed by atoms with E-state index in [0.717, 1.165) is 25.1 Å². The summed E-state index contributed by atoms with van der Waals surface area (Å²) in [4.78, 5) is 0. The van der Waals surface area contributed by atoms with Crippen LogP contribution in [0, 0.1) is 5.92 Å². The monoisotopic (exact) mass is 359 g/mol. The fourth-order valence-corrected chi connectivity index (χ4v) is 2.38. The molecule has 24 heavy (non-hydrogen) atoms. The van der Waals surface area contributed by atoms with Crippen molar-refractivity contribution >= 4 is 12.4 Å². The van der Waals surface area contributed by atoms with Gasteiger partial charge < -0.3 is 10.1 Å². The van der Waals surface area contributed by atoms with Gasteiger partial charge in [-0.3, -0.25) is 0 Å². The van der Waals surface area contributed by atoms with Crippen molar-refractivity contribution in [3.05, 3.63) is 65.7 Å². The second-order valence-electron chi connectivity index (χ2n) is 5.45. The van der Waals surface area contributed by atoms with E-state index in [-0.39, 0.29) is 18.3 Å². The predicted octanol–water partition coefficient (Wildman–Crippen LogP) is 4.58. The molecular formula is C18H21ClF3NO. The van der Waals surface area contributed by atoms with Crippen molar-refractivity contribution in [1.29, 1.82) is 0 Å². The minimum Gasteiger partial charge on any atom is -0.493 e. The summed E-state index contributed by atoms with van der Waals surface area (Å²) in [7, 11) is 1.87. The molecule has 0 spiro atoms. The topological polar surface area (TPSA) is 21.3 Å². The molecule has 0 bridgehead atoms. The molecule has 0 amide bonds. The van der Waals surface area contributed by atoms with Gasteiger partial charge in [-0.15, -0.1) is 12.4 Å². The van der Waals surface area contributed by atoms with Crippen LogP contribution in [0.5, 0.6) is 5.75 Å². The Hall–Kier alpha value is -1.72. The molecule has 2 rings (SSSR count). The zero-order chi connectivity index (χ0) is 16.7. The van der Waals surface area contributed by atoms with E-state index in [1.54, 1.807) is 0 Å². The molecule has 0 radical (unpaired) electrons. The highest BCUT2D eigenvalue weighted by molar-refractivity contribution is 5.85. The van der Waals surface area contributed by atoms with Crippen molar-refractivity contribution < 1.29 is 17.9 Å². The molecule has 1 unspecified atom stereocenters. The lowest BCUT2D eigenvalue weighted by Crippen LogP contribution is -2.26. The standard InChI is InChI=1S/C18H20F3NO.ClH/c1-22-12-15(11-14-5-3-2-4-6-14)13-23-17-9-7-16(8-10-17)18(19,20)21;/h2-10,15,22H,11-13H2,1H3;1H. The Morgan fingerprint density at radius 1 is 1.00 bits per heavy atom. The summed E-state index contributed by atoms with van der Waals surface area (Å²) in [5.74, 6) is 0.692. The van der Waals surface area contributed by atoms with Crippen LogP contribution in [0.2, 0.25) is 0 Å². The molecule has 0 aliphatic heterocycles. The largest absolute Gasteiger partial charge is 0.493 e. The molecule has 1 atom stereocenters. The summed E-state index contributed by atoms with van der Waals surface area (Å²) < 4.78 is 43.2. The number of hydrogen-bond acceptors (Lipinski definition) is 2. The van der Waals surface area contributed by atoms with Gasteiger partial charge in [0.05, 0.1) is 12.2 Å². The maximum absolute atomic E-state index is 12.5. The van der Waals surface area contributed by atoms with Gasteiger partial charge in [0.2, 0.25) is 0 Å². The molecule has 0 aromatic heterocycles. The maximum Gasteiger partial charge on any atom is 0.416 e. The number of benzene rings is 2. The highest BCUT2D eigenvalue weighted by Gasteiger charge is 2.30. The number of halogens is 4. The summed E-state index contributed by atoms with van der Waals surface area (Å²) in [6, 6.07) is 14.9. The van der Waals surface area contributed by atoms with Gasteiger partial charge >= 0.3 is 6.18 Å². The van der Waals surface area contributed by atoms with Gasteiger partial charge in [0, 0.05) is 12.5 Å². The molecule has 0 saturated heterocycles. The molecule has 2 nitrogen and oxygen atoms in total. The third-order valence-electron chi connectivity index (χ3n) is 3.53. The first-order chi connectivity index (χ1) is 11.0. The molecule has 0 fully saturated rings. The fourth-order valence-electron chi connectivity index (χ4n) is 2.38. The van der Waals surface area contributed by atoms with Crippen LogP contribution in [0.3, 0.4) is 0 Å². The lowest BCUT2D eigenvalue weighted by atomic mass is 10.00. The van der Waals surface area contributed by atoms with Crippen LogP contribution in [-0.2, 0) is 12.6 Å². The molecular weight excluding hydrogens is 339 g/mol. The molecule has 6 heteroatoms. The molecule has 132 valence electrons. The lowest BCUT2D eigenvalue weighted by molar-refractivity contribution is -0.137. The Balaban J connectivity index is 0.00000288. The number of alkyl halides is 3. The third kappa shape index (κ3) is 6.42. The first kappa shape index (κ1) is 20.3. The molecule has 2 aromatic carbocycles. The van der Waals surface area contributed by atoms with E-state index in [1.807, 2.05) is 25.2 Å². The van der Waals surface area contributed by atoms with Gasteiger partial charge in [0.1, 0.15) is 5.75 Å². The average Bonchev–Trinajstić information content (AvgIpc) is 2.53. The highest BCUT2D eigenvalue weighted by atomic mass is 35.5. The zero-order valence-electron chi connectivity index (χ0n) is 13.3. The number of rotatable bonds is 7. The summed E-state index contributed by atoms with van der Waals surface area (Å²) in [6.45, 7) is 1.22. The van der Waals surface area contributed by atoms with E-state index >= 15 is 0 Å². The van der Waals surface area contributed by atoms with Crippen molar-refractivity contribution in [3.63, 3.8) is 0 Å². The Morgan fingerprint density at radius 2 is 1.62 bits per heavy atom. The number of ether oxygens (including phenoxy) is 1. The zero-order valence-corrected chi connectivity index (χ0v) is 14.2. The van der Waals surface area contributed by atoms with Gasteiger partial charge in [-0.1, -0.05) is 30.3 Å². The van der Waals surface area contributed by atoms with E-state index in [4.69, 9.17) is 4.74 Å². The predicted molar refractivity (Wildman–Crippen MR) is 91.7 cm³/mol. The van der Waals surface area contributed by atoms with E-state index in [0.29, 0.717) is 12.4 Å². The highest BCUT2D eigenvalue weighted by Crippen LogP contribution is 2.30. The normalized spacial score (nSPS) is 12.3. The molecule has 0 saturated carbocycles. The minimum absolute atomic E-state index is 0. The fraction of sp³-hybridized carbons (Fsp3) is 0.333. The van der Waals surface area contributed by atoms with Crippen LogP contribution < -0.4 is 10.1 Å². The van der Waals surface area contributed by atoms with Gasteiger partial charge in [-0.05, 0) is 43.3 Å². The van der Waals surface area contributed by atoms with Crippen LogP contribution in [0.15, 0.2) is 54.6 Å². The van der Waals surface area contributed by atoms with Crippen LogP contribution >= 0.6 is 12.4 Å². The first-order valence-corrected chi connectivity index (χ1v) is 7.47. The van der Waals surface area contributed by atoms with Crippen LogP contribution in [0.1, 0.15) is 11.1 Å². The minimum atomic E-state index is -4.32. The van der Waals surface area contributed by atoms with Crippen LogP contribution in [0.25, 0.3) is 0 Å². The summed E-state index contributed by atoms with van der Waals surface area (Å²) in [6.07, 6.45) is -3.47. The third-order valence-corrected chi connectivity index (χ3v) is 3.53. The first-order valence-electron chi connectivity index (χ1n) is 7.47. The van der Waals surface area contributed by atoms with E-state index in [1.165, 1.54) is 17.7 Å². The molecule has 0 aliphatic rings. The SMILES string of the molecule is CNCC(COc1ccc(C(F)(F)F)cc1)Cc1ccccc1.Cl. The second kappa shape index (κ2) is 9.55. The van der Waals surface area contributed by atoms with E-state index in [2.05, 4.69) is 17.4 Å². The van der Waals surface area contributed by atoms with Crippen molar-refractivity contribution in [2.24, 2.45) is 5.92 Å². The van der Waals surface area contributed by atoms with E-state index < -0.39 is 11.7 Å². The quantitative estimate of drug-likeness (QED) is 0.781. The van der Waals surface area contributed by atoms with Crippen molar-refractivity contribution in [2.45, 2.75) is 12.6 Å². The van der Waals surface area contributed by atoms with Gasteiger partial charge in [-0.25, -0.2) is 0 Å². The summed E-state index contributed by atoms with van der Waals surface area (Å²) >= 11 is 0. The number of nitrogens with one attached hydrogen (secondary N) is 1. The average molecular weight is 360 g/mol. The maximum atomic E-state index is 12.5. The molecule has 1 N–H and O–H groups in total. The smallest absolute Gasteiger partial charge is 0.416 e. The summed E-state index contributed by atoms with van der Waals surface area (Å²) in [5.41, 5.74) is 0.546. The molecule has 0 heterocycles.